The Kier molecular flexibility index (Phi) is 4.97. The van der Waals surface area contributed by atoms with Gasteiger partial charge in [-0.25, -0.2) is 0 Å². The first-order valence-corrected chi connectivity index (χ1v) is 7.21. The van der Waals surface area contributed by atoms with Crippen LogP contribution in [0.4, 0.5) is 0 Å². The number of aryl methyl sites for hydroxylation is 2. The third kappa shape index (κ3) is 4.35. The summed E-state index contributed by atoms with van der Waals surface area (Å²) in [5.74, 6) is 0.131. The van der Waals surface area contributed by atoms with Crippen molar-refractivity contribution in [1.29, 1.82) is 0 Å². The Balaban J connectivity index is 1.75. The summed E-state index contributed by atoms with van der Waals surface area (Å²) in [7, 11) is 0. The molecule has 0 radical (unpaired) electrons. The third-order valence-corrected chi connectivity index (χ3v) is 3.83. The van der Waals surface area contributed by atoms with Gasteiger partial charge in [-0.15, -0.1) is 0 Å². The van der Waals surface area contributed by atoms with E-state index in [-0.39, 0.29) is 5.91 Å². The van der Waals surface area contributed by atoms with Gasteiger partial charge in [0.05, 0.1) is 6.42 Å². The SMILES string of the molecule is Cc1ccc(C)c(CC(=O)NCC[C@@H]2CCCN2)c1. The second kappa shape index (κ2) is 6.71. The monoisotopic (exact) mass is 260 g/mol. The fourth-order valence-electron chi connectivity index (χ4n) is 2.62. The Labute approximate surface area is 115 Å². The first kappa shape index (κ1) is 14.1. The molecule has 0 unspecified atom stereocenters. The minimum atomic E-state index is 0.131. The molecule has 0 spiro atoms. The highest BCUT2D eigenvalue weighted by Crippen LogP contribution is 2.11. The van der Waals surface area contributed by atoms with Crippen LogP contribution in [0, 0.1) is 13.8 Å². The maximum atomic E-state index is 11.9. The smallest absolute Gasteiger partial charge is 0.224 e. The van der Waals surface area contributed by atoms with Crippen molar-refractivity contribution in [3.05, 3.63) is 34.9 Å². The lowest BCUT2D eigenvalue weighted by atomic mass is 10.0. The molecule has 1 aromatic carbocycles. The third-order valence-electron chi connectivity index (χ3n) is 3.83. The topological polar surface area (TPSA) is 41.1 Å². The molecule has 1 saturated heterocycles. The lowest BCUT2D eigenvalue weighted by Crippen LogP contribution is -2.31. The van der Waals surface area contributed by atoms with Crippen LogP contribution >= 0.6 is 0 Å². The molecule has 1 aromatic rings. The predicted octanol–water partition coefficient (Wildman–Crippen LogP) is 2.10. The summed E-state index contributed by atoms with van der Waals surface area (Å²) < 4.78 is 0. The van der Waals surface area contributed by atoms with E-state index in [2.05, 4.69) is 42.7 Å². The molecular formula is C16H24N2O. The number of rotatable bonds is 5. The van der Waals surface area contributed by atoms with Gasteiger partial charge in [-0.1, -0.05) is 23.8 Å². The molecule has 1 heterocycles. The quantitative estimate of drug-likeness (QED) is 0.851. The summed E-state index contributed by atoms with van der Waals surface area (Å²) in [6, 6.07) is 6.87. The van der Waals surface area contributed by atoms with Crippen LogP contribution in [0.25, 0.3) is 0 Å². The van der Waals surface area contributed by atoms with E-state index in [0.29, 0.717) is 12.5 Å². The summed E-state index contributed by atoms with van der Waals surface area (Å²) in [5.41, 5.74) is 3.54. The Hall–Kier alpha value is -1.35. The first-order valence-electron chi connectivity index (χ1n) is 7.21. The molecular weight excluding hydrogens is 236 g/mol. The molecule has 1 amide bonds. The summed E-state index contributed by atoms with van der Waals surface area (Å²) >= 11 is 0. The number of carbonyl (C=O) groups is 1. The van der Waals surface area contributed by atoms with Crippen molar-refractivity contribution in [2.75, 3.05) is 13.1 Å². The van der Waals surface area contributed by atoms with Gasteiger partial charge in [0.2, 0.25) is 5.91 Å². The van der Waals surface area contributed by atoms with Crippen LogP contribution in [0.5, 0.6) is 0 Å². The van der Waals surface area contributed by atoms with Crippen molar-refractivity contribution in [3.63, 3.8) is 0 Å². The van der Waals surface area contributed by atoms with Gasteiger partial charge >= 0.3 is 0 Å². The molecule has 19 heavy (non-hydrogen) atoms. The van der Waals surface area contributed by atoms with E-state index in [9.17, 15) is 4.79 Å². The van der Waals surface area contributed by atoms with Crippen LogP contribution in [-0.2, 0) is 11.2 Å². The van der Waals surface area contributed by atoms with Crippen molar-refractivity contribution in [2.45, 2.75) is 45.6 Å². The summed E-state index contributed by atoms with van der Waals surface area (Å²) in [6.45, 7) is 6.03. The maximum Gasteiger partial charge on any atom is 0.224 e. The Morgan fingerprint density at radius 1 is 1.42 bits per heavy atom. The molecule has 2 N–H and O–H groups in total. The summed E-state index contributed by atoms with van der Waals surface area (Å²) in [6.07, 6.45) is 4.04. The molecule has 0 aliphatic carbocycles. The number of amides is 1. The molecule has 1 aliphatic rings. The van der Waals surface area contributed by atoms with Gasteiger partial charge in [0.15, 0.2) is 0 Å². The Morgan fingerprint density at radius 3 is 3.00 bits per heavy atom. The molecule has 3 heteroatoms. The number of nitrogens with one attached hydrogen (secondary N) is 2. The van der Waals surface area contributed by atoms with Gasteiger partial charge in [0.1, 0.15) is 0 Å². The Bertz CT molecular complexity index is 436. The van der Waals surface area contributed by atoms with E-state index < -0.39 is 0 Å². The fraction of sp³-hybridized carbons (Fsp3) is 0.562. The van der Waals surface area contributed by atoms with E-state index in [0.717, 1.165) is 25.1 Å². The lowest BCUT2D eigenvalue weighted by Gasteiger charge is -2.11. The average Bonchev–Trinajstić information content (AvgIpc) is 2.87. The van der Waals surface area contributed by atoms with Crippen molar-refractivity contribution in [2.24, 2.45) is 0 Å². The fourth-order valence-corrected chi connectivity index (χ4v) is 2.62. The van der Waals surface area contributed by atoms with Crippen LogP contribution in [0.15, 0.2) is 18.2 Å². The molecule has 3 nitrogen and oxygen atoms in total. The number of hydrogen-bond donors (Lipinski definition) is 2. The van der Waals surface area contributed by atoms with E-state index in [4.69, 9.17) is 0 Å². The second-order valence-corrected chi connectivity index (χ2v) is 5.54. The molecule has 0 bridgehead atoms. The number of hydrogen-bond acceptors (Lipinski definition) is 2. The van der Waals surface area contributed by atoms with Gasteiger partial charge in [-0.2, -0.15) is 0 Å². The number of carbonyl (C=O) groups excluding carboxylic acids is 1. The van der Waals surface area contributed by atoms with Crippen molar-refractivity contribution in [1.82, 2.24) is 10.6 Å². The van der Waals surface area contributed by atoms with Crippen LogP contribution in [0.2, 0.25) is 0 Å². The standard InChI is InChI=1S/C16H24N2O/c1-12-5-6-13(2)14(10-12)11-16(19)18-9-7-15-4-3-8-17-15/h5-6,10,15,17H,3-4,7-9,11H2,1-2H3,(H,18,19)/t15-/m0/s1. The van der Waals surface area contributed by atoms with E-state index >= 15 is 0 Å². The summed E-state index contributed by atoms with van der Waals surface area (Å²) in [5, 5.41) is 6.47. The molecule has 0 saturated carbocycles. The lowest BCUT2D eigenvalue weighted by molar-refractivity contribution is -0.120. The molecule has 104 valence electrons. The van der Waals surface area contributed by atoms with Crippen molar-refractivity contribution in [3.8, 4) is 0 Å². The summed E-state index contributed by atoms with van der Waals surface area (Å²) in [4.78, 5) is 11.9. The van der Waals surface area contributed by atoms with E-state index in [1.165, 1.54) is 24.0 Å². The van der Waals surface area contributed by atoms with Gasteiger partial charge in [-0.3, -0.25) is 4.79 Å². The second-order valence-electron chi connectivity index (χ2n) is 5.54. The van der Waals surface area contributed by atoms with Crippen LogP contribution in [0.1, 0.15) is 36.0 Å². The molecule has 1 aliphatic heterocycles. The Morgan fingerprint density at radius 2 is 2.26 bits per heavy atom. The maximum absolute atomic E-state index is 11.9. The zero-order valence-corrected chi connectivity index (χ0v) is 12.0. The van der Waals surface area contributed by atoms with Crippen LogP contribution < -0.4 is 10.6 Å². The van der Waals surface area contributed by atoms with Crippen molar-refractivity contribution >= 4 is 5.91 Å². The zero-order chi connectivity index (χ0) is 13.7. The highest BCUT2D eigenvalue weighted by molar-refractivity contribution is 5.78. The largest absolute Gasteiger partial charge is 0.356 e. The molecule has 1 fully saturated rings. The first-order chi connectivity index (χ1) is 9.15. The normalized spacial score (nSPS) is 18.5. The molecule has 1 atom stereocenters. The van der Waals surface area contributed by atoms with Crippen LogP contribution in [0.3, 0.4) is 0 Å². The minimum absolute atomic E-state index is 0.131. The molecule has 0 aromatic heterocycles. The van der Waals surface area contributed by atoms with E-state index in [1.807, 2.05) is 0 Å². The van der Waals surface area contributed by atoms with Gasteiger partial charge in [-0.05, 0) is 50.8 Å². The highest BCUT2D eigenvalue weighted by Gasteiger charge is 2.13. The number of benzene rings is 1. The molecule has 2 rings (SSSR count). The van der Waals surface area contributed by atoms with E-state index in [1.54, 1.807) is 0 Å². The van der Waals surface area contributed by atoms with Gasteiger partial charge < -0.3 is 10.6 Å². The average molecular weight is 260 g/mol. The van der Waals surface area contributed by atoms with Crippen molar-refractivity contribution < 1.29 is 4.79 Å². The van der Waals surface area contributed by atoms with Gasteiger partial charge in [0, 0.05) is 12.6 Å². The highest BCUT2D eigenvalue weighted by atomic mass is 16.1. The minimum Gasteiger partial charge on any atom is -0.356 e. The van der Waals surface area contributed by atoms with Gasteiger partial charge in [0.25, 0.3) is 0 Å². The van der Waals surface area contributed by atoms with Crippen LogP contribution in [-0.4, -0.2) is 25.0 Å². The zero-order valence-electron chi connectivity index (χ0n) is 12.0. The predicted molar refractivity (Wildman–Crippen MR) is 78.3 cm³/mol.